The summed E-state index contributed by atoms with van der Waals surface area (Å²) in [7, 11) is 0. The van der Waals surface area contributed by atoms with Gasteiger partial charge in [0, 0.05) is 0 Å². The minimum absolute atomic E-state index is 0.246. The molecule has 0 N–H and O–H groups in total. The summed E-state index contributed by atoms with van der Waals surface area (Å²) in [6, 6.07) is 0. The highest BCUT2D eigenvalue weighted by molar-refractivity contribution is 5.59. The predicted octanol–water partition coefficient (Wildman–Crippen LogP) is 0.837. The zero-order valence-corrected chi connectivity index (χ0v) is 7.03. The SMILES string of the molecule is CC(C)COC(=O)OCO[C]=O. The molecule has 0 aliphatic rings. The molecule has 0 aromatic rings. The lowest BCUT2D eigenvalue weighted by molar-refractivity contribution is -0.00495. The summed E-state index contributed by atoms with van der Waals surface area (Å²) in [4.78, 5) is 20.0. The Morgan fingerprint density at radius 2 is 2.08 bits per heavy atom. The number of hydrogen-bond acceptors (Lipinski definition) is 5. The molecule has 0 aliphatic heterocycles. The number of ether oxygens (including phenoxy) is 3. The molecule has 0 atom stereocenters. The van der Waals surface area contributed by atoms with Crippen LogP contribution in [-0.2, 0) is 19.0 Å². The maximum atomic E-state index is 10.6. The first-order chi connectivity index (χ1) is 5.66. The van der Waals surface area contributed by atoms with E-state index in [4.69, 9.17) is 0 Å². The molecule has 12 heavy (non-hydrogen) atoms. The Balaban J connectivity index is 3.27. The summed E-state index contributed by atoms with van der Waals surface area (Å²) in [5.74, 6) is 0.246. The number of carbonyl (C=O) groups is 1. The molecule has 5 heteroatoms. The Morgan fingerprint density at radius 1 is 1.42 bits per heavy atom. The maximum Gasteiger partial charge on any atom is 0.511 e. The van der Waals surface area contributed by atoms with E-state index < -0.39 is 12.9 Å². The lowest BCUT2D eigenvalue weighted by atomic mass is 10.2. The molecular formula is C7H11O5. The molecule has 0 spiro atoms. The molecule has 0 amide bonds. The third-order valence-electron chi connectivity index (χ3n) is 0.829. The predicted molar refractivity (Wildman–Crippen MR) is 38.9 cm³/mol. The third kappa shape index (κ3) is 6.85. The van der Waals surface area contributed by atoms with Gasteiger partial charge in [0.2, 0.25) is 6.79 Å². The average molecular weight is 175 g/mol. The molecular weight excluding hydrogens is 164 g/mol. The lowest BCUT2D eigenvalue weighted by Crippen LogP contribution is -2.13. The van der Waals surface area contributed by atoms with Crippen molar-refractivity contribution in [2.45, 2.75) is 13.8 Å². The van der Waals surface area contributed by atoms with Gasteiger partial charge in [0.25, 0.3) is 0 Å². The van der Waals surface area contributed by atoms with Gasteiger partial charge in [-0.1, -0.05) is 13.8 Å². The second-order valence-corrected chi connectivity index (χ2v) is 2.44. The Bertz CT molecular complexity index is 143. The molecule has 0 aromatic carbocycles. The monoisotopic (exact) mass is 175 g/mol. The fourth-order valence-corrected chi connectivity index (χ4v) is 0.378. The second kappa shape index (κ2) is 6.45. The largest absolute Gasteiger partial charge is 0.511 e. The quantitative estimate of drug-likeness (QED) is 0.352. The molecule has 69 valence electrons. The molecule has 0 heterocycles. The summed E-state index contributed by atoms with van der Waals surface area (Å²) in [6.07, 6.45) is -0.848. The Morgan fingerprint density at radius 3 is 2.58 bits per heavy atom. The first kappa shape index (κ1) is 10.7. The minimum atomic E-state index is -0.848. The van der Waals surface area contributed by atoms with E-state index in [9.17, 15) is 9.59 Å². The Labute approximate surface area is 70.6 Å². The third-order valence-corrected chi connectivity index (χ3v) is 0.829. The van der Waals surface area contributed by atoms with Crippen LogP contribution in [0, 0.1) is 5.92 Å². The van der Waals surface area contributed by atoms with E-state index in [0.717, 1.165) is 6.47 Å². The molecule has 5 nitrogen and oxygen atoms in total. The van der Waals surface area contributed by atoms with Gasteiger partial charge in [0.15, 0.2) is 0 Å². The second-order valence-electron chi connectivity index (χ2n) is 2.44. The molecule has 0 saturated heterocycles. The highest BCUT2D eigenvalue weighted by Gasteiger charge is 2.04. The first-order valence-electron chi connectivity index (χ1n) is 3.45. The summed E-state index contributed by atoms with van der Waals surface area (Å²) in [6.45, 7) is 4.71. The standard InChI is InChI=1S/C7H11O5/c1-6(2)3-11-7(9)12-5-10-4-8/h6H,3,5H2,1-2H3. The smallest absolute Gasteiger partial charge is 0.434 e. The number of hydrogen-bond donors (Lipinski definition) is 0. The van der Waals surface area contributed by atoms with E-state index >= 15 is 0 Å². The molecule has 0 unspecified atom stereocenters. The van der Waals surface area contributed by atoms with Crippen molar-refractivity contribution >= 4 is 12.6 Å². The van der Waals surface area contributed by atoms with Crippen LogP contribution in [-0.4, -0.2) is 26.0 Å². The van der Waals surface area contributed by atoms with Crippen molar-refractivity contribution in [2.75, 3.05) is 13.4 Å². The van der Waals surface area contributed by atoms with Crippen LogP contribution in [0.3, 0.4) is 0 Å². The van der Waals surface area contributed by atoms with Crippen molar-refractivity contribution in [2.24, 2.45) is 5.92 Å². The number of rotatable bonds is 5. The van der Waals surface area contributed by atoms with Crippen LogP contribution in [0.25, 0.3) is 0 Å². The van der Waals surface area contributed by atoms with Crippen LogP contribution in [0.1, 0.15) is 13.8 Å². The van der Waals surface area contributed by atoms with Gasteiger partial charge in [-0.15, -0.1) is 0 Å². The first-order valence-corrected chi connectivity index (χ1v) is 3.45. The molecule has 0 aromatic heterocycles. The highest BCUT2D eigenvalue weighted by Crippen LogP contribution is 1.94. The molecule has 0 saturated carbocycles. The zero-order chi connectivity index (χ0) is 9.40. The summed E-state index contributed by atoms with van der Waals surface area (Å²) >= 11 is 0. The van der Waals surface area contributed by atoms with E-state index in [1.165, 1.54) is 0 Å². The van der Waals surface area contributed by atoms with Gasteiger partial charge >= 0.3 is 12.6 Å². The van der Waals surface area contributed by atoms with Crippen LogP contribution in [0.15, 0.2) is 0 Å². The average Bonchev–Trinajstić information content (AvgIpc) is 2.01. The van der Waals surface area contributed by atoms with Crippen LogP contribution >= 0.6 is 0 Å². The van der Waals surface area contributed by atoms with E-state index in [-0.39, 0.29) is 12.5 Å². The van der Waals surface area contributed by atoms with Gasteiger partial charge in [-0.05, 0) is 5.92 Å². The van der Waals surface area contributed by atoms with E-state index in [2.05, 4.69) is 14.2 Å². The van der Waals surface area contributed by atoms with Crippen molar-refractivity contribution in [3.8, 4) is 0 Å². The summed E-state index contributed by atoms with van der Waals surface area (Å²) < 4.78 is 12.8. The van der Waals surface area contributed by atoms with Crippen molar-refractivity contribution < 1.29 is 23.8 Å². The number of carbonyl (C=O) groups excluding carboxylic acids is 2. The van der Waals surface area contributed by atoms with Crippen LogP contribution in [0.5, 0.6) is 0 Å². The minimum Gasteiger partial charge on any atom is -0.434 e. The van der Waals surface area contributed by atoms with Crippen LogP contribution in [0.4, 0.5) is 4.79 Å². The lowest BCUT2D eigenvalue weighted by Gasteiger charge is -2.06. The Hall–Kier alpha value is -1.26. The van der Waals surface area contributed by atoms with Gasteiger partial charge in [0.1, 0.15) is 0 Å². The van der Waals surface area contributed by atoms with Crippen LogP contribution < -0.4 is 0 Å². The summed E-state index contributed by atoms with van der Waals surface area (Å²) in [5, 5.41) is 0. The fourth-order valence-electron chi connectivity index (χ4n) is 0.378. The molecule has 0 aliphatic carbocycles. The van der Waals surface area contributed by atoms with E-state index in [0.29, 0.717) is 0 Å². The molecule has 1 radical (unpaired) electrons. The van der Waals surface area contributed by atoms with Gasteiger partial charge in [0.05, 0.1) is 6.61 Å². The van der Waals surface area contributed by atoms with Gasteiger partial charge in [-0.2, -0.15) is 0 Å². The van der Waals surface area contributed by atoms with Gasteiger partial charge in [-0.25, -0.2) is 9.59 Å². The molecule has 0 rings (SSSR count). The van der Waals surface area contributed by atoms with Crippen molar-refractivity contribution in [3.63, 3.8) is 0 Å². The topological polar surface area (TPSA) is 61.8 Å². The fraction of sp³-hybridized carbons (Fsp3) is 0.714. The van der Waals surface area contributed by atoms with Gasteiger partial charge < -0.3 is 14.2 Å². The Kier molecular flexibility index (Phi) is 5.77. The van der Waals surface area contributed by atoms with Gasteiger partial charge in [-0.3, -0.25) is 0 Å². The normalized spacial score (nSPS) is 9.25. The maximum absolute atomic E-state index is 10.6. The molecule has 0 fully saturated rings. The highest BCUT2D eigenvalue weighted by atomic mass is 16.8. The van der Waals surface area contributed by atoms with Crippen molar-refractivity contribution in [3.05, 3.63) is 0 Å². The van der Waals surface area contributed by atoms with E-state index in [1.807, 2.05) is 13.8 Å². The summed E-state index contributed by atoms with van der Waals surface area (Å²) in [5.41, 5.74) is 0. The van der Waals surface area contributed by atoms with E-state index in [1.54, 1.807) is 0 Å². The van der Waals surface area contributed by atoms with Crippen LogP contribution in [0.2, 0.25) is 0 Å². The zero-order valence-electron chi connectivity index (χ0n) is 7.03. The molecule has 0 bridgehead atoms. The van der Waals surface area contributed by atoms with Crippen molar-refractivity contribution in [1.29, 1.82) is 0 Å². The van der Waals surface area contributed by atoms with Crippen molar-refractivity contribution in [1.82, 2.24) is 0 Å².